The van der Waals surface area contributed by atoms with Gasteiger partial charge < -0.3 is 24.7 Å². The van der Waals surface area contributed by atoms with Crippen LogP contribution in [0.5, 0.6) is 5.75 Å². The van der Waals surface area contributed by atoms with E-state index in [1.165, 1.54) is 0 Å². The predicted molar refractivity (Wildman–Crippen MR) is 121 cm³/mol. The Morgan fingerprint density at radius 1 is 1.13 bits per heavy atom. The van der Waals surface area contributed by atoms with E-state index in [-0.39, 0.29) is 12.0 Å². The number of aryl methyl sites for hydroxylation is 1. The van der Waals surface area contributed by atoms with Gasteiger partial charge in [-0.25, -0.2) is 9.59 Å². The van der Waals surface area contributed by atoms with Gasteiger partial charge in [0.1, 0.15) is 5.75 Å². The summed E-state index contributed by atoms with van der Waals surface area (Å²) in [5.41, 5.74) is 3.92. The molecule has 7 heteroatoms. The molecule has 2 amide bonds. The molecule has 0 unspecified atom stereocenters. The van der Waals surface area contributed by atoms with E-state index in [1.807, 2.05) is 38.1 Å². The lowest BCUT2D eigenvalue weighted by Gasteiger charge is -2.24. The van der Waals surface area contributed by atoms with Gasteiger partial charge in [-0.15, -0.1) is 0 Å². The number of carbonyl (C=O) groups is 2. The first kappa shape index (κ1) is 24.3. The number of H-pyrrole nitrogens is 1. The van der Waals surface area contributed by atoms with Crippen LogP contribution in [-0.4, -0.2) is 42.1 Å². The summed E-state index contributed by atoms with van der Waals surface area (Å²) in [6.45, 7) is 11.5. The summed E-state index contributed by atoms with van der Waals surface area (Å²) >= 11 is 0. The summed E-state index contributed by atoms with van der Waals surface area (Å²) in [6, 6.07) is 7.52. The fraction of sp³-hybridized carbons (Fsp3) is 0.500. The average molecular weight is 430 g/mol. The third-order valence-corrected chi connectivity index (χ3v) is 5.19. The highest BCUT2D eigenvalue weighted by Crippen LogP contribution is 2.22. The van der Waals surface area contributed by atoms with Crippen molar-refractivity contribution >= 4 is 12.0 Å². The number of carbonyl (C=O) groups excluding carboxylic acids is 2. The van der Waals surface area contributed by atoms with Crippen molar-refractivity contribution in [2.45, 2.75) is 54.1 Å². The number of ether oxygens (including phenoxy) is 2. The number of rotatable bonds is 10. The van der Waals surface area contributed by atoms with E-state index in [9.17, 15) is 9.59 Å². The minimum absolute atomic E-state index is 0.138. The first-order valence-corrected chi connectivity index (χ1v) is 10.8. The standard InChI is InChI=1S/C24H35N3O4/c1-7-31-23(28)22-17(4)21(26-18(22)5)15-27(24(29)25-13-12-16(2)3)14-19-8-10-20(30-6)11-9-19/h8-11,16,26H,7,12-15H2,1-6H3,(H,25,29). The fourth-order valence-electron chi connectivity index (χ4n) is 3.40. The zero-order valence-electron chi connectivity index (χ0n) is 19.5. The van der Waals surface area contributed by atoms with E-state index < -0.39 is 0 Å². The second kappa shape index (κ2) is 11.4. The maximum atomic E-state index is 13.0. The van der Waals surface area contributed by atoms with Gasteiger partial charge in [0, 0.05) is 24.5 Å². The summed E-state index contributed by atoms with van der Waals surface area (Å²) < 4.78 is 10.4. The molecule has 170 valence electrons. The van der Waals surface area contributed by atoms with Crippen LogP contribution >= 0.6 is 0 Å². The molecule has 0 atom stereocenters. The highest BCUT2D eigenvalue weighted by Gasteiger charge is 2.22. The number of urea groups is 1. The van der Waals surface area contributed by atoms with Gasteiger partial charge in [-0.2, -0.15) is 0 Å². The molecule has 1 heterocycles. The summed E-state index contributed by atoms with van der Waals surface area (Å²) in [6.07, 6.45) is 0.912. The average Bonchev–Trinajstić information content (AvgIpc) is 3.00. The predicted octanol–water partition coefficient (Wildman–Crippen LogP) is 4.57. The number of esters is 1. The van der Waals surface area contributed by atoms with Gasteiger partial charge in [0.15, 0.2) is 0 Å². The maximum absolute atomic E-state index is 13.0. The first-order chi connectivity index (χ1) is 14.8. The molecular formula is C24H35N3O4. The number of methoxy groups -OCH3 is 1. The molecule has 2 aromatic rings. The molecule has 0 radical (unpaired) electrons. The molecule has 2 rings (SSSR count). The molecule has 1 aromatic carbocycles. The van der Waals surface area contributed by atoms with Crippen molar-refractivity contribution < 1.29 is 19.1 Å². The Kier molecular flexibility index (Phi) is 8.97. The van der Waals surface area contributed by atoms with Crippen molar-refractivity contribution in [3.05, 3.63) is 52.3 Å². The summed E-state index contributed by atoms with van der Waals surface area (Å²) in [7, 11) is 1.63. The van der Waals surface area contributed by atoms with E-state index in [0.29, 0.717) is 37.7 Å². The van der Waals surface area contributed by atoms with Crippen LogP contribution in [0, 0.1) is 19.8 Å². The fourth-order valence-corrected chi connectivity index (χ4v) is 3.40. The highest BCUT2D eigenvalue weighted by molar-refractivity contribution is 5.92. The van der Waals surface area contributed by atoms with Crippen LogP contribution in [0.2, 0.25) is 0 Å². The molecule has 2 N–H and O–H groups in total. The molecule has 0 saturated carbocycles. The number of aromatic nitrogens is 1. The zero-order chi connectivity index (χ0) is 23.0. The minimum Gasteiger partial charge on any atom is -0.497 e. The quantitative estimate of drug-likeness (QED) is 0.542. The topological polar surface area (TPSA) is 83.7 Å². The molecule has 0 bridgehead atoms. The third-order valence-electron chi connectivity index (χ3n) is 5.19. The molecule has 1 aromatic heterocycles. The van der Waals surface area contributed by atoms with Crippen LogP contribution in [0.4, 0.5) is 4.79 Å². The third kappa shape index (κ3) is 6.77. The van der Waals surface area contributed by atoms with Gasteiger partial charge >= 0.3 is 12.0 Å². The first-order valence-electron chi connectivity index (χ1n) is 10.8. The van der Waals surface area contributed by atoms with Gasteiger partial charge in [-0.1, -0.05) is 26.0 Å². The van der Waals surface area contributed by atoms with Crippen LogP contribution < -0.4 is 10.1 Å². The second-order valence-corrected chi connectivity index (χ2v) is 8.07. The molecule has 0 aliphatic carbocycles. The number of hydrogen-bond acceptors (Lipinski definition) is 4. The van der Waals surface area contributed by atoms with Crippen molar-refractivity contribution in [2.75, 3.05) is 20.3 Å². The van der Waals surface area contributed by atoms with Crippen LogP contribution in [0.15, 0.2) is 24.3 Å². The van der Waals surface area contributed by atoms with Crippen LogP contribution in [0.25, 0.3) is 0 Å². The van der Waals surface area contributed by atoms with Gasteiger partial charge in [-0.05, 0) is 56.4 Å². The summed E-state index contributed by atoms with van der Waals surface area (Å²) in [5.74, 6) is 0.936. The van der Waals surface area contributed by atoms with E-state index >= 15 is 0 Å². The largest absolute Gasteiger partial charge is 0.497 e. The number of nitrogens with one attached hydrogen (secondary N) is 2. The Labute approximate surface area is 185 Å². The Morgan fingerprint density at radius 2 is 1.81 bits per heavy atom. The molecule has 0 saturated heterocycles. The van der Waals surface area contributed by atoms with Gasteiger partial charge in [0.05, 0.1) is 25.8 Å². The lowest BCUT2D eigenvalue weighted by molar-refractivity contribution is 0.0525. The highest BCUT2D eigenvalue weighted by atomic mass is 16.5. The molecule has 0 spiro atoms. The van der Waals surface area contributed by atoms with Crippen molar-refractivity contribution in [3.63, 3.8) is 0 Å². The number of hydrogen-bond donors (Lipinski definition) is 2. The molecule has 31 heavy (non-hydrogen) atoms. The number of aromatic amines is 1. The number of amides is 2. The van der Waals surface area contributed by atoms with E-state index in [2.05, 4.69) is 24.1 Å². The molecule has 7 nitrogen and oxygen atoms in total. The maximum Gasteiger partial charge on any atom is 0.340 e. The zero-order valence-corrected chi connectivity index (χ0v) is 19.5. The van der Waals surface area contributed by atoms with Crippen molar-refractivity contribution in [2.24, 2.45) is 5.92 Å². The summed E-state index contributed by atoms with van der Waals surface area (Å²) in [4.78, 5) is 30.3. The van der Waals surface area contributed by atoms with Gasteiger partial charge in [-0.3, -0.25) is 0 Å². The number of benzene rings is 1. The van der Waals surface area contributed by atoms with Crippen LogP contribution in [0.1, 0.15) is 60.1 Å². The lowest BCUT2D eigenvalue weighted by Crippen LogP contribution is -2.40. The Morgan fingerprint density at radius 3 is 2.39 bits per heavy atom. The molecular weight excluding hydrogens is 394 g/mol. The van der Waals surface area contributed by atoms with Crippen LogP contribution in [0.3, 0.4) is 0 Å². The summed E-state index contributed by atoms with van der Waals surface area (Å²) in [5, 5.41) is 3.02. The van der Waals surface area contributed by atoms with Crippen molar-refractivity contribution in [1.82, 2.24) is 15.2 Å². The molecule has 0 aliphatic rings. The SMILES string of the molecule is CCOC(=O)c1c(C)[nH]c(CN(Cc2ccc(OC)cc2)C(=O)NCCC(C)C)c1C. The van der Waals surface area contributed by atoms with Crippen LogP contribution in [-0.2, 0) is 17.8 Å². The van der Waals surface area contributed by atoms with Crippen molar-refractivity contribution in [3.8, 4) is 5.75 Å². The van der Waals surface area contributed by atoms with E-state index in [0.717, 1.165) is 34.7 Å². The van der Waals surface area contributed by atoms with E-state index in [4.69, 9.17) is 9.47 Å². The van der Waals surface area contributed by atoms with E-state index in [1.54, 1.807) is 18.9 Å². The molecule has 0 aliphatic heterocycles. The number of nitrogens with zero attached hydrogens (tertiary/aromatic N) is 1. The van der Waals surface area contributed by atoms with Crippen molar-refractivity contribution in [1.29, 1.82) is 0 Å². The van der Waals surface area contributed by atoms with Gasteiger partial charge in [0.25, 0.3) is 0 Å². The smallest absolute Gasteiger partial charge is 0.340 e. The Bertz CT molecular complexity index is 872. The second-order valence-electron chi connectivity index (χ2n) is 8.07. The normalized spacial score (nSPS) is 10.8. The monoisotopic (exact) mass is 429 g/mol. The minimum atomic E-state index is -0.344. The lowest BCUT2D eigenvalue weighted by atomic mass is 10.1. The Hall–Kier alpha value is -2.96. The molecule has 0 fully saturated rings. The van der Waals surface area contributed by atoms with Gasteiger partial charge in [0.2, 0.25) is 0 Å². The Balaban J connectivity index is 2.24.